The van der Waals surface area contributed by atoms with Crippen molar-refractivity contribution in [2.45, 2.75) is 20.4 Å². The average molecular weight is 284 g/mol. The lowest BCUT2D eigenvalue weighted by atomic mass is 10.2. The van der Waals surface area contributed by atoms with Gasteiger partial charge in [0.25, 0.3) is 5.91 Å². The normalized spacial score (nSPS) is 10.2. The first-order chi connectivity index (χ1) is 10.1. The predicted octanol–water partition coefficient (Wildman–Crippen LogP) is 2.49. The summed E-state index contributed by atoms with van der Waals surface area (Å²) in [6.07, 6.45) is 1.64. The lowest BCUT2D eigenvalue weighted by Crippen LogP contribution is -2.31. The number of hydrogen-bond acceptors (Lipinski definition) is 4. The largest absolute Gasteiger partial charge is 0.388 e. The summed E-state index contributed by atoms with van der Waals surface area (Å²) >= 11 is 0. The summed E-state index contributed by atoms with van der Waals surface area (Å²) in [6, 6.07) is 9.42. The maximum Gasteiger partial charge on any atom is 0.272 e. The number of nitrogens with one attached hydrogen (secondary N) is 1. The van der Waals surface area contributed by atoms with Crippen molar-refractivity contribution >= 4 is 11.6 Å². The van der Waals surface area contributed by atoms with E-state index in [1.165, 1.54) is 0 Å². The number of carbonyl (C=O) groups is 1. The number of amides is 1. The Morgan fingerprint density at radius 2 is 2.14 bits per heavy atom. The van der Waals surface area contributed by atoms with E-state index >= 15 is 0 Å². The van der Waals surface area contributed by atoms with Crippen molar-refractivity contribution in [3.63, 3.8) is 0 Å². The molecule has 0 aliphatic carbocycles. The molecular weight excluding hydrogens is 264 g/mol. The van der Waals surface area contributed by atoms with Crippen LogP contribution in [0.15, 0.2) is 36.5 Å². The number of carbonyl (C=O) groups excluding carboxylic acids is 1. The van der Waals surface area contributed by atoms with Crippen molar-refractivity contribution in [2.24, 2.45) is 0 Å². The lowest BCUT2D eigenvalue weighted by molar-refractivity contribution is 0.0744. The number of nitrogens with zero attached hydrogens (tertiary/aromatic N) is 3. The van der Waals surface area contributed by atoms with Crippen LogP contribution < -0.4 is 5.32 Å². The molecule has 110 valence electrons. The van der Waals surface area contributed by atoms with Crippen molar-refractivity contribution in [1.29, 1.82) is 0 Å². The molecule has 0 radical (unpaired) electrons. The van der Waals surface area contributed by atoms with Gasteiger partial charge in [0.05, 0.1) is 12.2 Å². The van der Waals surface area contributed by atoms with E-state index in [4.69, 9.17) is 0 Å². The number of anilines is 1. The second kappa shape index (κ2) is 6.83. The van der Waals surface area contributed by atoms with Gasteiger partial charge < -0.3 is 10.2 Å². The fourth-order valence-electron chi connectivity index (χ4n) is 2.08. The first kappa shape index (κ1) is 15.0. The average Bonchev–Trinajstić information content (AvgIpc) is 2.52. The fraction of sp³-hybridized carbons (Fsp3) is 0.312. The van der Waals surface area contributed by atoms with Gasteiger partial charge in [-0.3, -0.25) is 14.8 Å². The molecule has 0 spiro atoms. The molecule has 0 aliphatic rings. The van der Waals surface area contributed by atoms with Gasteiger partial charge in [0.15, 0.2) is 0 Å². The van der Waals surface area contributed by atoms with Gasteiger partial charge in [-0.25, -0.2) is 0 Å². The predicted molar refractivity (Wildman–Crippen MR) is 83.2 cm³/mol. The summed E-state index contributed by atoms with van der Waals surface area (Å²) in [6.45, 7) is 5.00. The zero-order chi connectivity index (χ0) is 15.2. The van der Waals surface area contributed by atoms with E-state index in [1.54, 1.807) is 17.2 Å². The monoisotopic (exact) mass is 284 g/mol. The Morgan fingerprint density at radius 3 is 2.81 bits per heavy atom. The van der Waals surface area contributed by atoms with E-state index in [1.807, 2.05) is 45.2 Å². The second-order valence-electron chi connectivity index (χ2n) is 4.77. The van der Waals surface area contributed by atoms with E-state index in [2.05, 4.69) is 15.3 Å². The van der Waals surface area contributed by atoms with Crippen molar-refractivity contribution < 1.29 is 4.79 Å². The van der Waals surface area contributed by atoms with E-state index in [0.717, 1.165) is 17.1 Å². The summed E-state index contributed by atoms with van der Waals surface area (Å²) in [5, 5.41) is 3.01. The molecule has 2 heterocycles. The SMILES string of the molecule is CCN(Cc1cccc(C)n1)C(=O)c1cc(NC)ccn1. The highest BCUT2D eigenvalue weighted by Crippen LogP contribution is 2.11. The van der Waals surface area contributed by atoms with Gasteiger partial charge in [-0.05, 0) is 38.1 Å². The molecule has 0 atom stereocenters. The molecule has 2 aromatic heterocycles. The minimum Gasteiger partial charge on any atom is -0.388 e. The molecule has 0 unspecified atom stereocenters. The van der Waals surface area contributed by atoms with Gasteiger partial charge in [-0.15, -0.1) is 0 Å². The standard InChI is InChI=1S/C16H20N4O/c1-4-20(11-14-7-5-6-12(2)19-14)16(21)15-10-13(17-3)8-9-18-15/h5-10H,4,11H2,1-3H3,(H,17,18). The Hall–Kier alpha value is -2.43. The van der Waals surface area contributed by atoms with Crippen molar-refractivity contribution in [3.05, 3.63) is 53.6 Å². The molecule has 1 N–H and O–H groups in total. The molecular formula is C16H20N4O. The van der Waals surface area contributed by atoms with Crippen LogP contribution >= 0.6 is 0 Å². The Morgan fingerprint density at radius 1 is 1.33 bits per heavy atom. The van der Waals surface area contributed by atoms with Gasteiger partial charge in [0.2, 0.25) is 0 Å². The summed E-state index contributed by atoms with van der Waals surface area (Å²) in [5.74, 6) is -0.0853. The van der Waals surface area contributed by atoms with Gasteiger partial charge in [0, 0.05) is 31.2 Å². The third-order valence-corrected chi connectivity index (χ3v) is 3.24. The van der Waals surface area contributed by atoms with Crippen LogP contribution in [-0.2, 0) is 6.54 Å². The molecule has 2 aromatic rings. The van der Waals surface area contributed by atoms with Crippen LogP contribution in [0.2, 0.25) is 0 Å². The summed E-state index contributed by atoms with van der Waals surface area (Å²) < 4.78 is 0. The Balaban J connectivity index is 2.18. The number of pyridine rings is 2. The van der Waals surface area contributed by atoms with Crippen LogP contribution in [0.25, 0.3) is 0 Å². The first-order valence-electron chi connectivity index (χ1n) is 6.99. The summed E-state index contributed by atoms with van der Waals surface area (Å²) in [7, 11) is 1.82. The quantitative estimate of drug-likeness (QED) is 0.916. The second-order valence-corrected chi connectivity index (χ2v) is 4.77. The molecule has 5 nitrogen and oxygen atoms in total. The minimum absolute atomic E-state index is 0.0853. The fourth-order valence-corrected chi connectivity index (χ4v) is 2.08. The van der Waals surface area contributed by atoms with Crippen molar-refractivity contribution in [3.8, 4) is 0 Å². The van der Waals surface area contributed by atoms with Crippen LogP contribution in [0.3, 0.4) is 0 Å². The van der Waals surface area contributed by atoms with Gasteiger partial charge in [-0.2, -0.15) is 0 Å². The molecule has 0 aliphatic heterocycles. The molecule has 21 heavy (non-hydrogen) atoms. The molecule has 5 heteroatoms. The van der Waals surface area contributed by atoms with Crippen LogP contribution in [0.1, 0.15) is 28.8 Å². The van der Waals surface area contributed by atoms with Crippen LogP contribution in [0.5, 0.6) is 0 Å². The van der Waals surface area contributed by atoms with E-state index < -0.39 is 0 Å². The first-order valence-corrected chi connectivity index (χ1v) is 6.99. The lowest BCUT2D eigenvalue weighted by Gasteiger charge is -2.20. The zero-order valence-corrected chi connectivity index (χ0v) is 12.6. The van der Waals surface area contributed by atoms with E-state index in [9.17, 15) is 4.79 Å². The van der Waals surface area contributed by atoms with Crippen LogP contribution in [0.4, 0.5) is 5.69 Å². The number of aromatic nitrogens is 2. The zero-order valence-electron chi connectivity index (χ0n) is 12.6. The molecule has 0 fully saturated rings. The van der Waals surface area contributed by atoms with Crippen molar-refractivity contribution in [2.75, 3.05) is 18.9 Å². The molecule has 0 aromatic carbocycles. The van der Waals surface area contributed by atoms with Gasteiger partial charge in [-0.1, -0.05) is 6.07 Å². The summed E-state index contributed by atoms with van der Waals surface area (Å²) in [4.78, 5) is 22.9. The van der Waals surface area contributed by atoms with Gasteiger partial charge >= 0.3 is 0 Å². The maximum absolute atomic E-state index is 12.5. The summed E-state index contributed by atoms with van der Waals surface area (Å²) in [5.41, 5.74) is 3.15. The smallest absolute Gasteiger partial charge is 0.272 e. The van der Waals surface area contributed by atoms with E-state index in [-0.39, 0.29) is 5.91 Å². The molecule has 2 rings (SSSR count). The number of rotatable bonds is 5. The third-order valence-electron chi connectivity index (χ3n) is 3.24. The molecule has 0 saturated heterocycles. The highest BCUT2D eigenvalue weighted by molar-refractivity contribution is 5.93. The molecule has 0 bridgehead atoms. The minimum atomic E-state index is -0.0853. The number of hydrogen-bond donors (Lipinski definition) is 1. The topological polar surface area (TPSA) is 58.1 Å². The third kappa shape index (κ3) is 3.78. The van der Waals surface area contributed by atoms with Crippen LogP contribution in [-0.4, -0.2) is 34.4 Å². The number of aryl methyl sites for hydroxylation is 1. The molecule has 0 saturated carbocycles. The Labute approximate surface area is 125 Å². The Bertz CT molecular complexity index is 627. The van der Waals surface area contributed by atoms with E-state index in [0.29, 0.717) is 18.8 Å². The molecule has 1 amide bonds. The van der Waals surface area contributed by atoms with Crippen LogP contribution in [0, 0.1) is 6.92 Å². The van der Waals surface area contributed by atoms with Crippen molar-refractivity contribution in [1.82, 2.24) is 14.9 Å². The maximum atomic E-state index is 12.5. The highest BCUT2D eigenvalue weighted by atomic mass is 16.2. The van der Waals surface area contributed by atoms with Gasteiger partial charge in [0.1, 0.15) is 5.69 Å². The Kier molecular flexibility index (Phi) is 4.87. The highest BCUT2D eigenvalue weighted by Gasteiger charge is 2.16.